The minimum atomic E-state index is 0.294. The second-order valence-corrected chi connectivity index (χ2v) is 6.08. The molecule has 0 spiro atoms. The summed E-state index contributed by atoms with van der Waals surface area (Å²) in [5, 5.41) is 4.72. The molecule has 0 saturated heterocycles. The molecule has 0 aliphatic rings. The Morgan fingerprint density at radius 1 is 1.26 bits per heavy atom. The zero-order valence-corrected chi connectivity index (χ0v) is 12.8. The maximum Gasteiger partial charge on any atom is 0.0949 e. The fourth-order valence-corrected chi connectivity index (χ4v) is 3.02. The summed E-state index contributed by atoms with van der Waals surface area (Å²) in [6, 6.07) is 4.52. The summed E-state index contributed by atoms with van der Waals surface area (Å²) in [5.41, 5.74) is 3.44. The van der Waals surface area contributed by atoms with Crippen LogP contribution in [0.25, 0.3) is 0 Å². The molecule has 2 heterocycles. The fraction of sp³-hybridized carbons (Fsp3) is 0.467. The highest BCUT2D eigenvalue weighted by molar-refractivity contribution is 7.11. The molecule has 0 radical (unpaired) electrons. The molecule has 2 aromatic heterocycles. The molecule has 0 aliphatic heterocycles. The van der Waals surface area contributed by atoms with Crippen molar-refractivity contribution in [3.05, 3.63) is 45.2 Å². The van der Waals surface area contributed by atoms with Crippen LogP contribution >= 0.6 is 11.3 Å². The minimum absolute atomic E-state index is 0.294. The molecular formula is C15H21N3S. The lowest BCUT2D eigenvalue weighted by Gasteiger charge is -2.16. The van der Waals surface area contributed by atoms with Crippen LogP contribution in [0.5, 0.6) is 0 Å². The number of nitrogens with zero attached hydrogens (tertiary/aromatic N) is 2. The van der Waals surface area contributed by atoms with Crippen molar-refractivity contribution in [2.75, 3.05) is 6.54 Å². The fourth-order valence-electron chi connectivity index (χ4n) is 2.04. The molecule has 3 nitrogen and oxygen atoms in total. The summed E-state index contributed by atoms with van der Waals surface area (Å²) in [5.74, 6) is 0. The molecule has 0 fully saturated rings. The average Bonchev–Trinajstić information content (AvgIpc) is 2.69. The van der Waals surface area contributed by atoms with Crippen molar-refractivity contribution in [3.63, 3.8) is 0 Å². The van der Waals surface area contributed by atoms with Gasteiger partial charge in [-0.1, -0.05) is 13.0 Å². The summed E-state index contributed by atoms with van der Waals surface area (Å²) in [7, 11) is 0. The maximum atomic E-state index is 4.63. The Kier molecular flexibility index (Phi) is 4.66. The number of nitrogens with one attached hydrogen (secondary N) is 1. The van der Waals surface area contributed by atoms with E-state index in [0.29, 0.717) is 6.04 Å². The molecule has 1 N–H and O–H groups in total. The van der Waals surface area contributed by atoms with E-state index in [1.807, 2.05) is 13.1 Å². The van der Waals surface area contributed by atoms with Gasteiger partial charge in [-0.15, -0.1) is 11.3 Å². The number of aromatic nitrogens is 2. The predicted octanol–water partition coefficient (Wildman–Crippen LogP) is 3.36. The first-order valence-electron chi connectivity index (χ1n) is 6.69. The molecule has 4 heteroatoms. The van der Waals surface area contributed by atoms with Gasteiger partial charge < -0.3 is 5.32 Å². The van der Waals surface area contributed by atoms with Gasteiger partial charge in [0.2, 0.25) is 0 Å². The molecule has 0 aliphatic carbocycles. The SMILES string of the molecule is CCNC(Cc1nc(C)c(C)s1)c1ccc(C)nc1. The monoisotopic (exact) mass is 275 g/mol. The quantitative estimate of drug-likeness (QED) is 0.909. The first kappa shape index (κ1) is 14.2. The van der Waals surface area contributed by atoms with Crippen LogP contribution < -0.4 is 5.32 Å². The van der Waals surface area contributed by atoms with Crippen molar-refractivity contribution >= 4 is 11.3 Å². The summed E-state index contributed by atoms with van der Waals surface area (Å²) in [6.45, 7) is 9.30. The highest BCUT2D eigenvalue weighted by atomic mass is 32.1. The zero-order valence-electron chi connectivity index (χ0n) is 12.0. The lowest BCUT2D eigenvalue weighted by Crippen LogP contribution is -2.23. The lowest BCUT2D eigenvalue weighted by molar-refractivity contribution is 0.546. The first-order valence-corrected chi connectivity index (χ1v) is 7.50. The molecule has 19 heavy (non-hydrogen) atoms. The Balaban J connectivity index is 2.18. The Morgan fingerprint density at radius 2 is 2.05 bits per heavy atom. The molecule has 0 saturated carbocycles. The Labute approximate surface area is 119 Å². The normalized spacial score (nSPS) is 12.6. The van der Waals surface area contributed by atoms with Crippen LogP contribution in [0.2, 0.25) is 0 Å². The van der Waals surface area contributed by atoms with E-state index in [0.717, 1.165) is 24.4 Å². The van der Waals surface area contributed by atoms with Crippen molar-refractivity contribution in [3.8, 4) is 0 Å². The molecule has 0 amide bonds. The van der Waals surface area contributed by atoms with Gasteiger partial charge in [0.05, 0.1) is 10.7 Å². The van der Waals surface area contributed by atoms with Gasteiger partial charge in [0.25, 0.3) is 0 Å². The van der Waals surface area contributed by atoms with Crippen LogP contribution in [0.15, 0.2) is 18.3 Å². The van der Waals surface area contributed by atoms with Gasteiger partial charge in [-0.25, -0.2) is 4.98 Å². The standard InChI is InChI=1S/C15H21N3S/c1-5-16-14(13-7-6-10(2)17-9-13)8-15-18-11(3)12(4)19-15/h6-7,9,14,16H,5,8H2,1-4H3. The van der Waals surface area contributed by atoms with Gasteiger partial charge in [-0.2, -0.15) is 0 Å². The topological polar surface area (TPSA) is 37.8 Å². The molecule has 2 aromatic rings. The third-order valence-corrected chi connectivity index (χ3v) is 4.33. The maximum absolute atomic E-state index is 4.63. The van der Waals surface area contributed by atoms with Gasteiger partial charge in [-0.05, 0) is 38.9 Å². The van der Waals surface area contributed by atoms with E-state index in [1.165, 1.54) is 15.4 Å². The average molecular weight is 275 g/mol. The predicted molar refractivity (Wildman–Crippen MR) is 80.7 cm³/mol. The number of likely N-dealkylation sites (N-methyl/N-ethyl adjacent to an activating group) is 1. The van der Waals surface area contributed by atoms with Crippen molar-refractivity contribution in [1.82, 2.24) is 15.3 Å². The van der Waals surface area contributed by atoms with E-state index in [-0.39, 0.29) is 0 Å². The molecule has 0 aromatic carbocycles. The van der Waals surface area contributed by atoms with Crippen molar-refractivity contribution in [2.24, 2.45) is 0 Å². The Hall–Kier alpha value is -1.26. The Morgan fingerprint density at radius 3 is 2.58 bits per heavy atom. The molecule has 2 rings (SSSR count). The van der Waals surface area contributed by atoms with Gasteiger partial charge in [0.15, 0.2) is 0 Å². The van der Waals surface area contributed by atoms with Gasteiger partial charge in [0, 0.05) is 29.2 Å². The third kappa shape index (κ3) is 3.61. The van der Waals surface area contributed by atoms with E-state index < -0.39 is 0 Å². The lowest BCUT2D eigenvalue weighted by atomic mass is 10.1. The van der Waals surface area contributed by atoms with Gasteiger partial charge in [-0.3, -0.25) is 4.98 Å². The van der Waals surface area contributed by atoms with Crippen LogP contribution in [0.1, 0.15) is 39.8 Å². The highest BCUT2D eigenvalue weighted by Gasteiger charge is 2.14. The number of hydrogen-bond acceptors (Lipinski definition) is 4. The Bertz CT molecular complexity index is 511. The molecule has 102 valence electrons. The summed E-state index contributed by atoms with van der Waals surface area (Å²) >= 11 is 1.79. The van der Waals surface area contributed by atoms with Gasteiger partial charge in [0.1, 0.15) is 0 Å². The first-order chi connectivity index (χ1) is 9.10. The molecular weight excluding hydrogens is 254 g/mol. The van der Waals surface area contributed by atoms with Crippen LogP contribution in [-0.4, -0.2) is 16.5 Å². The second-order valence-electron chi connectivity index (χ2n) is 4.80. The van der Waals surface area contributed by atoms with Gasteiger partial charge >= 0.3 is 0 Å². The second kappa shape index (κ2) is 6.26. The number of rotatable bonds is 5. The number of pyridine rings is 1. The zero-order chi connectivity index (χ0) is 13.8. The van der Waals surface area contributed by atoms with Crippen molar-refractivity contribution < 1.29 is 0 Å². The molecule has 0 bridgehead atoms. The minimum Gasteiger partial charge on any atom is -0.310 e. The highest BCUT2D eigenvalue weighted by Crippen LogP contribution is 2.23. The smallest absolute Gasteiger partial charge is 0.0949 e. The van der Waals surface area contributed by atoms with Crippen molar-refractivity contribution in [2.45, 2.75) is 40.2 Å². The summed E-state index contributed by atoms with van der Waals surface area (Å²) in [6.07, 6.45) is 2.90. The third-order valence-electron chi connectivity index (χ3n) is 3.24. The van der Waals surface area contributed by atoms with Crippen LogP contribution in [0, 0.1) is 20.8 Å². The largest absolute Gasteiger partial charge is 0.310 e. The van der Waals surface area contributed by atoms with Crippen LogP contribution in [0.3, 0.4) is 0 Å². The van der Waals surface area contributed by atoms with E-state index in [9.17, 15) is 0 Å². The van der Waals surface area contributed by atoms with Crippen LogP contribution in [0.4, 0.5) is 0 Å². The van der Waals surface area contributed by atoms with E-state index in [4.69, 9.17) is 0 Å². The summed E-state index contributed by atoms with van der Waals surface area (Å²) in [4.78, 5) is 10.3. The van der Waals surface area contributed by atoms with E-state index in [1.54, 1.807) is 11.3 Å². The van der Waals surface area contributed by atoms with Crippen LogP contribution in [-0.2, 0) is 6.42 Å². The van der Waals surface area contributed by atoms with E-state index in [2.05, 4.69) is 48.2 Å². The number of hydrogen-bond donors (Lipinski definition) is 1. The molecule has 1 unspecified atom stereocenters. The van der Waals surface area contributed by atoms with Crippen molar-refractivity contribution in [1.29, 1.82) is 0 Å². The molecule has 1 atom stereocenters. The summed E-state index contributed by atoms with van der Waals surface area (Å²) < 4.78 is 0. The van der Waals surface area contributed by atoms with E-state index >= 15 is 0 Å². The number of aryl methyl sites for hydroxylation is 3. The number of thiazole rings is 1.